The second-order valence-corrected chi connectivity index (χ2v) is 4.02. The van der Waals surface area contributed by atoms with Gasteiger partial charge in [-0.15, -0.1) is 0 Å². The molecule has 0 fully saturated rings. The third kappa shape index (κ3) is 2.46. The van der Waals surface area contributed by atoms with Gasteiger partial charge in [-0.25, -0.2) is 9.07 Å². The Hall–Kier alpha value is -1.89. The van der Waals surface area contributed by atoms with Crippen LogP contribution >= 0.6 is 0 Å². The van der Waals surface area contributed by atoms with Crippen molar-refractivity contribution in [3.05, 3.63) is 47.0 Å². The second kappa shape index (κ2) is 4.65. The lowest BCUT2D eigenvalue weighted by molar-refractivity contribution is -0.143. The number of benzene rings is 1. The third-order valence-electron chi connectivity index (χ3n) is 2.67. The zero-order valence-electron chi connectivity index (χ0n) is 9.87. The fourth-order valence-corrected chi connectivity index (χ4v) is 1.84. The topological polar surface area (TPSA) is 38.0 Å². The van der Waals surface area contributed by atoms with Crippen LogP contribution in [0.5, 0.6) is 0 Å². The van der Waals surface area contributed by atoms with Crippen molar-refractivity contribution in [1.29, 1.82) is 0 Å². The number of nitrogens with zero attached hydrogens (tertiary/aromatic N) is 2. The maximum Gasteiger partial charge on any atom is 0.433 e. The highest BCUT2D eigenvalue weighted by Crippen LogP contribution is 2.34. The van der Waals surface area contributed by atoms with E-state index >= 15 is 0 Å². The molecule has 0 bridgehead atoms. The van der Waals surface area contributed by atoms with Crippen LogP contribution in [0.4, 0.5) is 17.6 Å². The summed E-state index contributed by atoms with van der Waals surface area (Å²) in [6, 6.07) is 3.40. The van der Waals surface area contributed by atoms with Gasteiger partial charge in [0.2, 0.25) is 0 Å². The fourth-order valence-electron chi connectivity index (χ4n) is 1.84. The van der Waals surface area contributed by atoms with Crippen LogP contribution < -0.4 is 0 Å². The molecule has 0 atom stereocenters. The number of aliphatic hydroxyl groups is 1. The number of alkyl halides is 3. The lowest BCUT2D eigenvalue weighted by atomic mass is 10.2. The molecule has 1 N–H and O–H groups in total. The standard InChI is InChI=1S/C12H10F4N2O/c1-7-4-9(13)2-3-10(7)18-11(12(14,15)16)8(6-19)5-17-18/h2-5,19H,6H2,1H3. The first-order chi connectivity index (χ1) is 8.84. The van der Waals surface area contributed by atoms with E-state index in [9.17, 15) is 17.6 Å². The van der Waals surface area contributed by atoms with Gasteiger partial charge in [-0.1, -0.05) is 0 Å². The van der Waals surface area contributed by atoms with E-state index in [1.807, 2.05) is 0 Å². The molecule has 0 unspecified atom stereocenters. The molecule has 19 heavy (non-hydrogen) atoms. The number of aromatic nitrogens is 2. The third-order valence-corrected chi connectivity index (χ3v) is 2.67. The van der Waals surface area contributed by atoms with Crippen molar-refractivity contribution in [2.24, 2.45) is 0 Å². The number of aliphatic hydroxyl groups excluding tert-OH is 1. The zero-order chi connectivity index (χ0) is 14.2. The molecule has 0 amide bonds. The molecule has 2 rings (SSSR count). The van der Waals surface area contributed by atoms with Crippen LogP contribution in [0.15, 0.2) is 24.4 Å². The average Bonchev–Trinajstić information content (AvgIpc) is 2.72. The summed E-state index contributed by atoms with van der Waals surface area (Å²) in [5.74, 6) is -0.538. The minimum Gasteiger partial charge on any atom is -0.392 e. The highest BCUT2D eigenvalue weighted by atomic mass is 19.4. The Balaban J connectivity index is 2.66. The van der Waals surface area contributed by atoms with E-state index in [-0.39, 0.29) is 11.3 Å². The van der Waals surface area contributed by atoms with E-state index in [1.165, 1.54) is 13.0 Å². The molecule has 102 valence electrons. The lowest BCUT2D eigenvalue weighted by Crippen LogP contribution is -2.16. The van der Waals surface area contributed by atoms with Crippen molar-refractivity contribution in [2.75, 3.05) is 0 Å². The van der Waals surface area contributed by atoms with Crippen molar-refractivity contribution in [3.8, 4) is 5.69 Å². The Morgan fingerprint density at radius 2 is 2.00 bits per heavy atom. The van der Waals surface area contributed by atoms with Crippen LogP contribution in [-0.4, -0.2) is 14.9 Å². The first-order valence-electron chi connectivity index (χ1n) is 5.36. The quantitative estimate of drug-likeness (QED) is 0.855. The molecular formula is C12H10F4N2O. The van der Waals surface area contributed by atoms with Gasteiger partial charge in [0.05, 0.1) is 18.5 Å². The van der Waals surface area contributed by atoms with Crippen LogP contribution in [-0.2, 0) is 12.8 Å². The minimum absolute atomic E-state index is 0.119. The number of hydrogen-bond acceptors (Lipinski definition) is 2. The molecule has 0 radical (unpaired) electrons. The van der Waals surface area contributed by atoms with Crippen molar-refractivity contribution in [2.45, 2.75) is 19.7 Å². The van der Waals surface area contributed by atoms with Gasteiger partial charge in [-0.2, -0.15) is 18.3 Å². The molecule has 0 aliphatic heterocycles. The normalized spacial score (nSPS) is 11.9. The van der Waals surface area contributed by atoms with Crippen LogP contribution in [0.2, 0.25) is 0 Å². The van der Waals surface area contributed by atoms with Gasteiger partial charge in [0.15, 0.2) is 5.69 Å². The van der Waals surface area contributed by atoms with Crippen LogP contribution in [0.1, 0.15) is 16.8 Å². The molecule has 0 saturated carbocycles. The van der Waals surface area contributed by atoms with Gasteiger partial charge in [-0.05, 0) is 30.7 Å². The van der Waals surface area contributed by atoms with Gasteiger partial charge in [0.1, 0.15) is 5.82 Å². The Morgan fingerprint density at radius 1 is 1.32 bits per heavy atom. The summed E-state index contributed by atoms with van der Waals surface area (Å²) in [7, 11) is 0. The van der Waals surface area contributed by atoms with Crippen LogP contribution in [0.3, 0.4) is 0 Å². The maximum absolute atomic E-state index is 13.0. The van der Waals surface area contributed by atoms with E-state index in [1.54, 1.807) is 0 Å². The van der Waals surface area contributed by atoms with E-state index in [2.05, 4.69) is 5.10 Å². The highest BCUT2D eigenvalue weighted by molar-refractivity contribution is 5.42. The molecule has 0 saturated heterocycles. The van der Waals surface area contributed by atoms with Crippen molar-refractivity contribution in [3.63, 3.8) is 0 Å². The van der Waals surface area contributed by atoms with E-state index < -0.39 is 24.3 Å². The summed E-state index contributed by atoms with van der Waals surface area (Å²) in [4.78, 5) is 0. The molecule has 1 heterocycles. The first kappa shape index (κ1) is 13.5. The second-order valence-electron chi connectivity index (χ2n) is 4.02. The summed E-state index contributed by atoms with van der Waals surface area (Å²) in [6.45, 7) is 0.716. The highest BCUT2D eigenvalue weighted by Gasteiger charge is 2.38. The lowest BCUT2D eigenvalue weighted by Gasteiger charge is -2.13. The van der Waals surface area contributed by atoms with E-state index in [0.717, 1.165) is 18.3 Å². The predicted octanol–water partition coefficient (Wildman–Crippen LogP) is 2.83. The SMILES string of the molecule is Cc1cc(F)ccc1-n1ncc(CO)c1C(F)(F)F. The maximum atomic E-state index is 13.0. The molecule has 7 heteroatoms. The summed E-state index contributed by atoms with van der Waals surface area (Å²) in [6.07, 6.45) is -3.71. The molecule has 0 aliphatic rings. The number of rotatable bonds is 2. The predicted molar refractivity (Wildman–Crippen MR) is 59.2 cm³/mol. The number of aryl methyl sites for hydroxylation is 1. The Kier molecular flexibility index (Phi) is 3.32. The average molecular weight is 274 g/mol. The van der Waals surface area contributed by atoms with Crippen LogP contribution in [0, 0.1) is 12.7 Å². The molecule has 2 aromatic rings. The zero-order valence-corrected chi connectivity index (χ0v) is 9.87. The van der Waals surface area contributed by atoms with E-state index in [0.29, 0.717) is 10.2 Å². The molecule has 3 nitrogen and oxygen atoms in total. The Morgan fingerprint density at radius 3 is 2.53 bits per heavy atom. The minimum atomic E-state index is -4.66. The van der Waals surface area contributed by atoms with Gasteiger partial charge in [-0.3, -0.25) is 0 Å². The van der Waals surface area contributed by atoms with Gasteiger partial charge < -0.3 is 5.11 Å². The van der Waals surface area contributed by atoms with E-state index in [4.69, 9.17) is 5.11 Å². The van der Waals surface area contributed by atoms with Gasteiger partial charge >= 0.3 is 6.18 Å². The summed E-state index contributed by atoms with van der Waals surface area (Å²) in [5, 5.41) is 12.6. The molecule has 1 aromatic heterocycles. The summed E-state index contributed by atoms with van der Waals surface area (Å²) in [5.41, 5.74) is -0.938. The van der Waals surface area contributed by atoms with Crippen molar-refractivity contribution >= 4 is 0 Å². The summed E-state index contributed by atoms with van der Waals surface area (Å²) < 4.78 is 52.6. The number of halogens is 4. The summed E-state index contributed by atoms with van der Waals surface area (Å²) >= 11 is 0. The smallest absolute Gasteiger partial charge is 0.392 e. The molecule has 0 spiro atoms. The van der Waals surface area contributed by atoms with Crippen LogP contribution in [0.25, 0.3) is 5.69 Å². The molecule has 1 aromatic carbocycles. The van der Waals surface area contributed by atoms with Crippen molar-refractivity contribution < 1.29 is 22.7 Å². The monoisotopic (exact) mass is 274 g/mol. The largest absolute Gasteiger partial charge is 0.433 e. The first-order valence-corrected chi connectivity index (χ1v) is 5.36. The molecular weight excluding hydrogens is 264 g/mol. The Labute approximate surface area is 106 Å². The van der Waals surface area contributed by atoms with Gasteiger partial charge in [0, 0.05) is 5.56 Å². The molecule has 0 aliphatic carbocycles. The Bertz CT molecular complexity index is 604. The van der Waals surface area contributed by atoms with Crippen molar-refractivity contribution in [1.82, 2.24) is 9.78 Å². The van der Waals surface area contributed by atoms with Gasteiger partial charge in [0.25, 0.3) is 0 Å². The fraction of sp³-hybridized carbons (Fsp3) is 0.250. The number of hydrogen-bond donors (Lipinski definition) is 1.